The third-order valence-corrected chi connectivity index (χ3v) is 2.86. The van der Waals surface area contributed by atoms with Crippen molar-refractivity contribution in [2.45, 2.75) is 0 Å². The fraction of sp³-hybridized carbons (Fsp3) is 0.0714. The number of halogens is 1. The lowest BCUT2D eigenvalue weighted by Crippen LogP contribution is -2.20. The van der Waals surface area contributed by atoms with Gasteiger partial charge >= 0.3 is 11.9 Å². The van der Waals surface area contributed by atoms with Crippen LogP contribution in [-0.2, 0) is 14.3 Å². The molecule has 24 heavy (non-hydrogen) atoms. The van der Waals surface area contributed by atoms with E-state index in [9.17, 15) is 19.7 Å². The molecule has 0 unspecified atom stereocenters. The molecule has 2 aromatic rings. The Labute approximate surface area is 140 Å². The molecular formula is C14H10ClN3O6. The number of amides is 1. The molecule has 2 heterocycles. The van der Waals surface area contributed by atoms with Gasteiger partial charge in [0.15, 0.2) is 11.8 Å². The maximum Gasteiger partial charge on any atom is 0.433 e. The minimum atomic E-state index is -0.818. The van der Waals surface area contributed by atoms with Gasteiger partial charge in [-0.1, -0.05) is 11.6 Å². The summed E-state index contributed by atoms with van der Waals surface area (Å²) in [6.45, 7) is -0.535. The molecule has 0 aliphatic rings. The third kappa shape index (κ3) is 4.92. The van der Waals surface area contributed by atoms with Crippen LogP contribution in [0.2, 0.25) is 5.15 Å². The number of nitrogens with one attached hydrogen (secondary N) is 1. The van der Waals surface area contributed by atoms with E-state index in [1.165, 1.54) is 18.3 Å². The number of hydrogen-bond acceptors (Lipinski definition) is 7. The van der Waals surface area contributed by atoms with Gasteiger partial charge in [-0.3, -0.25) is 14.9 Å². The minimum Gasteiger partial charge on any atom is -0.452 e. The number of nitro groups is 1. The number of carbonyl (C=O) groups is 2. The topological polar surface area (TPSA) is 125 Å². The quantitative estimate of drug-likeness (QED) is 0.278. The van der Waals surface area contributed by atoms with Crippen LogP contribution in [-0.4, -0.2) is 28.4 Å². The maximum absolute atomic E-state index is 11.6. The van der Waals surface area contributed by atoms with Crippen molar-refractivity contribution in [3.8, 4) is 0 Å². The number of pyridine rings is 1. The van der Waals surface area contributed by atoms with Gasteiger partial charge in [0.1, 0.15) is 10.7 Å². The lowest BCUT2D eigenvalue weighted by Gasteiger charge is -2.06. The molecule has 0 fully saturated rings. The average molecular weight is 352 g/mol. The second-order valence-electron chi connectivity index (χ2n) is 4.26. The molecule has 2 rings (SSSR count). The van der Waals surface area contributed by atoms with Crippen LogP contribution in [0.25, 0.3) is 6.08 Å². The molecule has 1 N–H and O–H groups in total. The number of furan rings is 1. The fourth-order valence-electron chi connectivity index (χ4n) is 1.53. The predicted octanol–water partition coefficient (Wildman–Crippen LogP) is 2.43. The van der Waals surface area contributed by atoms with Gasteiger partial charge in [0.05, 0.1) is 11.8 Å². The monoisotopic (exact) mass is 351 g/mol. The number of ether oxygens (including phenoxy) is 1. The zero-order chi connectivity index (χ0) is 17.5. The van der Waals surface area contributed by atoms with E-state index in [0.29, 0.717) is 5.69 Å². The smallest absolute Gasteiger partial charge is 0.433 e. The van der Waals surface area contributed by atoms with Crippen LogP contribution in [0.1, 0.15) is 5.76 Å². The molecule has 2 aromatic heterocycles. The van der Waals surface area contributed by atoms with E-state index in [-0.39, 0.29) is 10.9 Å². The number of carbonyl (C=O) groups excluding carboxylic acids is 2. The van der Waals surface area contributed by atoms with Crippen molar-refractivity contribution in [2.75, 3.05) is 11.9 Å². The largest absolute Gasteiger partial charge is 0.452 e. The van der Waals surface area contributed by atoms with Gasteiger partial charge in [0, 0.05) is 12.3 Å². The standard InChI is InChI=1S/C14H10ClN3O6/c15-14-10(2-1-7-16-14)17-11(19)8-23-13(20)6-4-9-3-5-12(24-9)18(21)22/h1-7H,8H2,(H,17,19)/b6-4+. The molecule has 0 bridgehead atoms. The summed E-state index contributed by atoms with van der Waals surface area (Å²) >= 11 is 5.77. The van der Waals surface area contributed by atoms with Crippen molar-refractivity contribution >= 4 is 41.1 Å². The average Bonchev–Trinajstić information content (AvgIpc) is 3.02. The van der Waals surface area contributed by atoms with Crippen LogP contribution in [0.15, 0.2) is 41.0 Å². The highest BCUT2D eigenvalue weighted by Crippen LogP contribution is 2.17. The highest BCUT2D eigenvalue weighted by molar-refractivity contribution is 6.32. The summed E-state index contributed by atoms with van der Waals surface area (Å²) in [5.74, 6) is -1.76. The first kappa shape index (κ1) is 17.2. The van der Waals surface area contributed by atoms with Crippen LogP contribution >= 0.6 is 11.6 Å². The van der Waals surface area contributed by atoms with E-state index < -0.39 is 29.3 Å². The molecule has 0 radical (unpaired) electrons. The Balaban J connectivity index is 1.82. The number of rotatable bonds is 6. The summed E-state index contributed by atoms with van der Waals surface area (Å²) < 4.78 is 9.53. The van der Waals surface area contributed by atoms with Gasteiger partial charge in [-0.15, -0.1) is 0 Å². The van der Waals surface area contributed by atoms with Crippen molar-refractivity contribution in [2.24, 2.45) is 0 Å². The van der Waals surface area contributed by atoms with Crippen LogP contribution in [0.4, 0.5) is 11.6 Å². The molecule has 124 valence electrons. The number of hydrogen-bond donors (Lipinski definition) is 1. The van der Waals surface area contributed by atoms with Gasteiger partial charge in [-0.2, -0.15) is 0 Å². The van der Waals surface area contributed by atoms with Gasteiger partial charge in [0.25, 0.3) is 5.91 Å². The molecule has 0 aromatic carbocycles. The molecule has 0 saturated carbocycles. The van der Waals surface area contributed by atoms with Crippen molar-refractivity contribution in [1.82, 2.24) is 4.98 Å². The van der Waals surface area contributed by atoms with Crippen molar-refractivity contribution in [1.29, 1.82) is 0 Å². The Hall–Kier alpha value is -3.20. The van der Waals surface area contributed by atoms with E-state index in [4.69, 9.17) is 20.8 Å². The second-order valence-corrected chi connectivity index (χ2v) is 4.62. The van der Waals surface area contributed by atoms with Crippen LogP contribution in [0.5, 0.6) is 0 Å². The number of esters is 1. The summed E-state index contributed by atoms with van der Waals surface area (Å²) in [6.07, 6.45) is 3.62. The summed E-state index contributed by atoms with van der Waals surface area (Å²) in [5.41, 5.74) is 0.290. The van der Waals surface area contributed by atoms with Gasteiger partial charge in [-0.25, -0.2) is 9.78 Å². The Kier molecular flexibility index (Phi) is 5.63. The van der Waals surface area contributed by atoms with Crippen LogP contribution < -0.4 is 5.32 Å². The Morgan fingerprint density at radius 2 is 2.21 bits per heavy atom. The molecule has 1 amide bonds. The SMILES string of the molecule is O=C(COC(=O)/C=C/c1ccc([N+](=O)[O-])o1)Nc1cccnc1Cl. The normalized spacial score (nSPS) is 10.5. The first-order chi connectivity index (χ1) is 11.5. The van der Waals surface area contributed by atoms with Crippen LogP contribution in [0.3, 0.4) is 0 Å². The highest BCUT2D eigenvalue weighted by Gasteiger charge is 2.11. The molecule has 9 nitrogen and oxygen atoms in total. The zero-order valence-corrected chi connectivity index (χ0v) is 12.7. The molecule has 10 heteroatoms. The minimum absolute atomic E-state index is 0.102. The lowest BCUT2D eigenvalue weighted by atomic mass is 10.4. The Morgan fingerprint density at radius 3 is 2.88 bits per heavy atom. The highest BCUT2D eigenvalue weighted by atomic mass is 35.5. The van der Waals surface area contributed by atoms with Crippen molar-refractivity contribution in [3.05, 3.63) is 57.6 Å². The van der Waals surface area contributed by atoms with Crippen molar-refractivity contribution < 1.29 is 23.7 Å². The van der Waals surface area contributed by atoms with Crippen LogP contribution in [0, 0.1) is 10.1 Å². The molecule has 0 spiro atoms. The first-order valence-corrected chi connectivity index (χ1v) is 6.83. The predicted molar refractivity (Wildman–Crippen MR) is 83.2 cm³/mol. The summed E-state index contributed by atoms with van der Waals surface area (Å²) in [5, 5.41) is 13.0. The van der Waals surface area contributed by atoms with Crippen molar-refractivity contribution in [3.63, 3.8) is 0 Å². The molecule has 0 aliphatic heterocycles. The summed E-state index contributed by atoms with van der Waals surface area (Å²) in [4.78, 5) is 36.6. The van der Waals surface area contributed by atoms with Gasteiger partial charge in [-0.05, 0) is 24.3 Å². The molecule has 0 atom stereocenters. The Bertz CT molecular complexity index is 801. The summed E-state index contributed by atoms with van der Waals surface area (Å²) in [7, 11) is 0. The second kappa shape index (κ2) is 7.88. The molecule has 0 saturated heterocycles. The van der Waals surface area contributed by atoms with Gasteiger partial charge < -0.3 is 14.5 Å². The van der Waals surface area contributed by atoms with Gasteiger partial charge in [0.2, 0.25) is 0 Å². The zero-order valence-electron chi connectivity index (χ0n) is 12.0. The van der Waals surface area contributed by atoms with E-state index in [1.54, 1.807) is 12.1 Å². The molecule has 0 aliphatic carbocycles. The van der Waals surface area contributed by atoms with E-state index in [1.807, 2.05) is 0 Å². The number of nitrogens with zero attached hydrogens (tertiary/aromatic N) is 2. The lowest BCUT2D eigenvalue weighted by molar-refractivity contribution is -0.402. The summed E-state index contributed by atoms with van der Waals surface area (Å²) in [6, 6.07) is 5.59. The third-order valence-electron chi connectivity index (χ3n) is 2.55. The number of anilines is 1. The fourth-order valence-corrected chi connectivity index (χ4v) is 1.70. The van der Waals surface area contributed by atoms with E-state index >= 15 is 0 Å². The van der Waals surface area contributed by atoms with E-state index in [0.717, 1.165) is 12.1 Å². The van der Waals surface area contributed by atoms with E-state index in [2.05, 4.69) is 10.3 Å². The maximum atomic E-state index is 11.6. The number of aromatic nitrogens is 1. The molecular weight excluding hydrogens is 342 g/mol. The Morgan fingerprint density at radius 1 is 1.42 bits per heavy atom. The first-order valence-electron chi connectivity index (χ1n) is 6.45.